The maximum absolute atomic E-state index is 13.0. The van der Waals surface area contributed by atoms with E-state index in [1.807, 2.05) is 0 Å². The topological polar surface area (TPSA) is 128 Å². The fourth-order valence-electron chi connectivity index (χ4n) is 3.96. The lowest BCUT2D eigenvalue weighted by Crippen LogP contribution is -2.47. The molecule has 0 bridgehead atoms. The predicted octanol–water partition coefficient (Wildman–Crippen LogP) is -0.804. The summed E-state index contributed by atoms with van der Waals surface area (Å²) in [6.45, 7) is 3.02. The first-order valence-corrected chi connectivity index (χ1v) is 10.6. The number of H-pyrrole nitrogens is 1. The molecule has 2 aliphatic heterocycles. The van der Waals surface area contributed by atoms with Gasteiger partial charge < -0.3 is 19.8 Å². The third kappa shape index (κ3) is 5.28. The Labute approximate surface area is 188 Å². The minimum Gasteiger partial charge on any atom is -0.387 e. The number of ether oxygens (including phenoxy) is 1. The maximum atomic E-state index is 13.0. The molecule has 1 amide bonds. The van der Waals surface area contributed by atoms with E-state index in [-0.39, 0.29) is 11.7 Å². The Morgan fingerprint density at radius 2 is 1.79 bits per heavy atom. The Balaban J connectivity index is 1.31. The van der Waals surface area contributed by atoms with E-state index in [0.29, 0.717) is 32.7 Å². The SMILES string of the molecule is O=C(/C=C/[C@H]1O[C@@H](n2ccc(=O)[nH]c2=O)[C@H](O)[C@@H]1O)N1CCN(Cc2ccc(F)cc2)CC1. The number of piperazine rings is 1. The van der Waals surface area contributed by atoms with E-state index in [9.17, 15) is 29.0 Å². The van der Waals surface area contributed by atoms with Gasteiger partial charge in [0.15, 0.2) is 6.23 Å². The molecule has 0 spiro atoms. The van der Waals surface area contributed by atoms with Crippen molar-refractivity contribution in [2.75, 3.05) is 26.2 Å². The van der Waals surface area contributed by atoms with Gasteiger partial charge in [0.1, 0.15) is 24.1 Å². The summed E-state index contributed by atoms with van der Waals surface area (Å²) >= 11 is 0. The second-order valence-electron chi connectivity index (χ2n) is 8.08. The van der Waals surface area contributed by atoms with E-state index in [4.69, 9.17) is 4.74 Å². The Morgan fingerprint density at radius 1 is 1.09 bits per heavy atom. The van der Waals surface area contributed by atoms with Gasteiger partial charge in [0.25, 0.3) is 5.56 Å². The van der Waals surface area contributed by atoms with Crippen molar-refractivity contribution in [2.45, 2.75) is 31.1 Å². The number of amides is 1. The van der Waals surface area contributed by atoms with Gasteiger partial charge in [0.05, 0.1) is 0 Å². The van der Waals surface area contributed by atoms with E-state index < -0.39 is 35.8 Å². The highest BCUT2D eigenvalue weighted by Crippen LogP contribution is 2.28. The van der Waals surface area contributed by atoms with Crippen LogP contribution in [-0.4, -0.2) is 80.0 Å². The third-order valence-electron chi connectivity index (χ3n) is 5.83. The Hall–Kier alpha value is -3.12. The second kappa shape index (κ2) is 9.79. The average molecular weight is 460 g/mol. The first-order chi connectivity index (χ1) is 15.8. The van der Waals surface area contributed by atoms with Crippen molar-refractivity contribution in [1.82, 2.24) is 19.4 Å². The standard InChI is InChI=1S/C22H25FN4O6/c23-15-3-1-14(2-4-15)13-25-9-11-26(12-10-25)18(29)6-5-16-19(30)20(31)21(33-16)27-8-7-17(28)24-22(27)32/h1-8,16,19-21,30-31H,9-13H2,(H,24,28,32)/b6-5+/t16-,19-,20-,21-/m1/s1. The monoisotopic (exact) mass is 460 g/mol. The minimum absolute atomic E-state index is 0.258. The number of aromatic nitrogens is 2. The van der Waals surface area contributed by atoms with Crippen LogP contribution in [0.4, 0.5) is 4.39 Å². The molecular formula is C22H25FN4O6. The van der Waals surface area contributed by atoms with Crippen LogP contribution in [0, 0.1) is 5.82 Å². The summed E-state index contributed by atoms with van der Waals surface area (Å²) in [6, 6.07) is 7.44. The zero-order valence-electron chi connectivity index (χ0n) is 17.7. The largest absolute Gasteiger partial charge is 0.387 e. The summed E-state index contributed by atoms with van der Waals surface area (Å²) in [5.41, 5.74) is -0.375. The van der Waals surface area contributed by atoms with E-state index >= 15 is 0 Å². The Kier molecular flexibility index (Phi) is 6.84. The molecule has 2 aromatic rings. The second-order valence-corrected chi connectivity index (χ2v) is 8.08. The number of carbonyl (C=O) groups is 1. The zero-order chi connectivity index (χ0) is 23.5. The van der Waals surface area contributed by atoms with Crippen LogP contribution in [0.25, 0.3) is 0 Å². The van der Waals surface area contributed by atoms with Crippen molar-refractivity contribution in [3.63, 3.8) is 0 Å². The first-order valence-electron chi connectivity index (χ1n) is 10.6. The molecule has 2 fully saturated rings. The molecule has 2 aliphatic rings. The van der Waals surface area contributed by atoms with E-state index in [2.05, 4.69) is 9.88 Å². The molecule has 11 heteroatoms. The third-order valence-corrected chi connectivity index (χ3v) is 5.83. The molecular weight excluding hydrogens is 435 g/mol. The van der Waals surface area contributed by atoms with Crippen LogP contribution in [0.5, 0.6) is 0 Å². The number of nitrogens with zero attached hydrogens (tertiary/aromatic N) is 3. The number of hydrogen-bond donors (Lipinski definition) is 3. The molecule has 10 nitrogen and oxygen atoms in total. The lowest BCUT2D eigenvalue weighted by Gasteiger charge is -2.34. The number of rotatable bonds is 5. The first kappa shape index (κ1) is 23.1. The van der Waals surface area contributed by atoms with Gasteiger partial charge in [-0.2, -0.15) is 0 Å². The number of carbonyl (C=O) groups excluding carboxylic acids is 1. The maximum Gasteiger partial charge on any atom is 0.330 e. The number of benzene rings is 1. The van der Waals surface area contributed by atoms with Crippen molar-refractivity contribution in [3.05, 3.63) is 80.9 Å². The number of aliphatic hydroxyl groups is 2. The van der Waals surface area contributed by atoms with Crippen LogP contribution in [0.2, 0.25) is 0 Å². The van der Waals surface area contributed by atoms with Gasteiger partial charge in [-0.15, -0.1) is 0 Å². The van der Waals surface area contributed by atoms with Crippen molar-refractivity contribution >= 4 is 5.91 Å². The lowest BCUT2D eigenvalue weighted by molar-refractivity contribution is -0.127. The zero-order valence-corrected chi connectivity index (χ0v) is 17.7. The van der Waals surface area contributed by atoms with E-state index in [1.54, 1.807) is 17.0 Å². The molecule has 0 saturated carbocycles. The van der Waals surface area contributed by atoms with Crippen LogP contribution in [-0.2, 0) is 16.1 Å². The van der Waals surface area contributed by atoms with Crippen molar-refractivity contribution < 1.29 is 24.1 Å². The molecule has 3 heterocycles. The molecule has 1 aromatic heterocycles. The van der Waals surface area contributed by atoms with Gasteiger partial charge >= 0.3 is 5.69 Å². The van der Waals surface area contributed by atoms with Gasteiger partial charge in [0, 0.05) is 51.1 Å². The molecule has 176 valence electrons. The summed E-state index contributed by atoms with van der Waals surface area (Å²) in [5, 5.41) is 20.6. The summed E-state index contributed by atoms with van der Waals surface area (Å²) in [7, 11) is 0. The van der Waals surface area contributed by atoms with Crippen LogP contribution in [0.15, 0.2) is 58.3 Å². The highest BCUT2D eigenvalue weighted by Gasteiger charge is 2.43. The highest BCUT2D eigenvalue weighted by molar-refractivity contribution is 5.87. The molecule has 0 unspecified atom stereocenters. The minimum atomic E-state index is -1.42. The van der Waals surface area contributed by atoms with E-state index in [0.717, 1.165) is 16.2 Å². The van der Waals surface area contributed by atoms with Crippen LogP contribution >= 0.6 is 0 Å². The fourth-order valence-corrected chi connectivity index (χ4v) is 3.96. The van der Waals surface area contributed by atoms with Crippen molar-refractivity contribution in [2.24, 2.45) is 0 Å². The van der Waals surface area contributed by atoms with Crippen LogP contribution in [0.3, 0.4) is 0 Å². The summed E-state index contributed by atoms with van der Waals surface area (Å²) < 4.78 is 19.6. The Bertz CT molecular complexity index is 1120. The molecule has 0 aliphatic carbocycles. The number of hydrogen-bond acceptors (Lipinski definition) is 7. The van der Waals surface area contributed by atoms with Gasteiger partial charge in [0.2, 0.25) is 5.91 Å². The highest BCUT2D eigenvalue weighted by atomic mass is 19.1. The number of halogens is 1. The van der Waals surface area contributed by atoms with Crippen molar-refractivity contribution in [3.8, 4) is 0 Å². The van der Waals surface area contributed by atoms with Gasteiger partial charge in [-0.3, -0.25) is 24.0 Å². The quantitative estimate of drug-likeness (QED) is 0.498. The van der Waals surface area contributed by atoms with Gasteiger partial charge in [-0.1, -0.05) is 12.1 Å². The number of nitrogens with one attached hydrogen (secondary N) is 1. The van der Waals surface area contributed by atoms with E-state index in [1.165, 1.54) is 30.5 Å². The van der Waals surface area contributed by atoms with Crippen LogP contribution in [0.1, 0.15) is 11.8 Å². The van der Waals surface area contributed by atoms with Crippen LogP contribution < -0.4 is 11.2 Å². The molecule has 1 aromatic carbocycles. The fraction of sp³-hybridized carbons (Fsp3) is 0.409. The predicted molar refractivity (Wildman–Crippen MR) is 115 cm³/mol. The molecule has 3 N–H and O–H groups in total. The molecule has 4 atom stereocenters. The average Bonchev–Trinajstić information content (AvgIpc) is 3.08. The molecule has 33 heavy (non-hydrogen) atoms. The number of aliphatic hydroxyl groups excluding tert-OH is 2. The molecule has 0 radical (unpaired) electrons. The molecule has 2 saturated heterocycles. The summed E-state index contributed by atoms with van der Waals surface area (Å²) in [5.74, 6) is -0.534. The van der Waals surface area contributed by atoms with Gasteiger partial charge in [-0.05, 0) is 23.8 Å². The van der Waals surface area contributed by atoms with Crippen molar-refractivity contribution in [1.29, 1.82) is 0 Å². The Morgan fingerprint density at radius 3 is 2.45 bits per heavy atom. The normalized spacial score (nSPS) is 26.2. The number of aromatic amines is 1. The van der Waals surface area contributed by atoms with Gasteiger partial charge in [-0.25, -0.2) is 9.18 Å². The summed E-state index contributed by atoms with van der Waals surface area (Å²) in [6.07, 6.45) is -1.17. The summed E-state index contributed by atoms with van der Waals surface area (Å²) in [4.78, 5) is 41.7. The smallest absolute Gasteiger partial charge is 0.330 e. The molecule has 4 rings (SSSR count). The lowest BCUT2D eigenvalue weighted by atomic mass is 10.1.